The van der Waals surface area contributed by atoms with Crippen molar-refractivity contribution in [2.24, 2.45) is 7.05 Å². The number of rotatable bonds is 6. The number of aromatic nitrogens is 2. The van der Waals surface area contributed by atoms with E-state index >= 15 is 0 Å². The lowest BCUT2D eigenvalue weighted by atomic mass is 9.90. The maximum Gasteiger partial charge on any atom is 0.319 e. The standard InChI is InChI=1S/C40H38F2N6O2/c1-24-16-27-10-8-9-11-29(27)23-46(24)38(49)35-18-30-22-44-15-14-28(30)17-34(35)37-20-33(25(2)45(37)4)39(50)48(31-12-6-5-7-13-31)36-19-32(21-43)47(26(36)3)40(41)42/h5-13,17-20,24,40,44H,14-16,22-23H2,1-4H3/t24-/m1/s1. The van der Waals surface area contributed by atoms with Crippen LogP contribution in [0.2, 0.25) is 0 Å². The van der Waals surface area contributed by atoms with Gasteiger partial charge < -0.3 is 14.8 Å². The van der Waals surface area contributed by atoms with Gasteiger partial charge in [0.2, 0.25) is 0 Å². The van der Waals surface area contributed by atoms with E-state index in [0.29, 0.717) is 45.9 Å². The highest BCUT2D eigenvalue weighted by Crippen LogP contribution is 2.38. The van der Waals surface area contributed by atoms with E-state index in [1.807, 2.05) is 53.8 Å². The van der Waals surface area contributed by atoms with Gasteiger partial charge in [0.1, 0.15) is 11.8 Å². The maximum atomic E-state index is 14.7. The third-order valence-electron chi connectivity index (χ3n) is 10.3. The smallest absolute Gasteiger partial charge is 0.319 e. The highest BCUT2D eigenvalue weighted by atomic mass is 19.3. The molecule has 0 bridgehead atoms. The molecule has 0 saturated heterocycles. The molecular formula is C40H38F2N6O2. The van der Waals surface area contributed by atoms with Gasteiger partial charge >= 0.3 is 6.55 Å². The predicted octanol–water partition coefficient (Wildman–Crippen LogP) is 7.59. The number of carbonyl (C=O) groups excluding carboxylic acids is 2. The number of alkyl halides is 2. The van der Waals surface area contributed by atoms with Gasteiger partial charge in [-0.3, -0.25) is 19.1 Å². The Morgan fingerprint density at radius 2 is 1.64 bits per heavy atom. The lowest BCUT2D eigenvalue weighted by Gasteiger charge is -2.35. The number of anilines is 2. The number of nitrogens with one attached hydrogen (secondary N) is 1. The molecule has 2 amide bonds. The molecule has 50 heavy (non-hydrogen) atoms. The van der Waals surface area contributed by atoms with Crippen LogP contribution in [0.3, 0.4) is 0 Å². The van der Waals surface area contributed by atoms with Crippen LogP contribution in [0.25, 0.3) is 11.3 Å². The van der Waals surface area contributed by atoms with Crippen LogP contribution in [0.5, 0.6) is 0 Å². The van der Waals surface area contributed by atoms with E-state index in [2.05, 4.69) is 30.4 Å². The van der Waals surface area contributed by atoms with E-state index < -0.39 is 12.5 Å². The van der Waals surface area contributed by atoms with Gasteiger partial charge in [-0.15, -0.1) is 0 Å². The number of hydrogen-bond acceptors (Lipinski definition) is 4. The third-order valence-corrected chi connectivity index (χ3v) is 10.3. The summed E-state index contributed by atoms with van der Waals surface area (Å²) < 4.78 is 30.8. The molecule has 5 aromatic rings. The summed E-state index contributed by atoms with van der Waals surface area (Å²) in [5.74, 6) is -0.508. The van der Waals surface area contributed by atoms with Crippen LogP contribution in [0, 0.1) is 25.2 Å². The number of para-hydroxylation sites is 1. The molecule has 1 N–H and O–H groups in total. The minimum absolute atomic E-state index is 0.00628. The fourth-order valence-corrected chi connectivity index (χ4v) is 7.44. The third kappa shape index (κ3) is 5.57. The first kappa shape index (κ1) is 33.0. The van der Waals surface area contributed by atoms with Crippen LogP contribution in [-0.2, 0) is 33.0 Å². The van der Waals surface area contributed by atoms with Crippen LogP contribution in [-0.4, -0.2) is 38.4 Å². The number of amides is 2. The molecule has 1 atom stereocenters. The highest BCUT2D eigenvalue weighted by Gasteiger charge is 2.33. The first-order valence-electron chi connectivity index (χ1n) is 16.8. The topological polar surface area (TPSA) is 86.3 Å². The van der Waals surface area contributed by atoms with Crippen LogP contribution >= 0.6 is 0 Å². The Balaban J connectivity index is 1.35. The lowest BCUT2D eigenvalue weighted by molar-refractivity contribution is 0.0657. The van der Waals surface area contributed by atoms with E-state index in [-0.39, 0.29) is 29.0 Å². The molecule has 7 rings (SSSR count). The molecule has 8 nitrogen and oxygen atoms in total. The Labute approximate surface area is 290 Å². The molecule has 254 valence electrons. The second kappa shape index (κ2) is 13.1. The summed E-state index contributed by atoms with van der Waals surface area (Å²) in [5, 5.41) is 13.1. The van der Waals surface area contributed by atoms with Crippen molar-refractivity contribution in [2.75, 3.05) is 11.4 Å². The fourth-order valence-electron chi connectivity index (χ4n) is 7.44. The van der Waals surface area contributed by atoms with E-state index in [9.17, 15) is 23.6 Å². The first-order valence-corrected chi connectivity index (χ1v) is 16.8. The number of hydrogen-bond donors (Lipinski definition) is 1. The molecule has 2 aliphatic rings. The van der Waals surface area contributed by atoms with E-state index in [0.717, 1.165) is 41.6 Å². The van der Waals surface area contributed by atoms with Gasteiger partial charge in [0, 0.05) is 60.1 Å². The summed E-state index contributed by atoms with van der Waals surface area (Å²) in [5.41, 5.74) is 8.16. The Morgan fingerprint density at radius 1 is 0.920 bits per heavy atom. The van der Waals surface area contributed by atoms with Crippen molar-refractivity contribution in [1.29, 1.82) is 5.26 Å². The SMILES string of the molecule is Cc1c(C(=O)N(c2ccccc2)c2cc(C#N)n(C(F)F)c2C)cc(-c2cc3c(cc2C(=O)N2Cc4ccccc4C[C@H]2C)CNCC3)n1C. The van der Waals surface area contributed by atoms with Crippen molar-refractivity contribution in [1.82, 2.24) is 19.4 Å². The molecule has 0 saturated carbocycles. The molecule has 0 aliphatic carbocycles. The molecule has 2 aromatic heterocycles. The number of benzene rings is 3. The van der Waals surface area contributed by atoms with Crippen LogP contribution < -0.4 is 10.2 Å². The van der Waals surface area contributed by atoms with Gasteiger partial charge in [0.05, 0.1) is 11.3 Å². The van der Waals surface area contributed by atoms with Gasteiger partial charge in [-0.05, 0) is 98.8 Å². The van der Waals surface area contributed by atoms with Gasteiger partial charge in [-0.25, -0.2) is 0 Å². The van der Waals surface area contributed by atoms with Crippen molar-refractivity contribution in [3.05, 3.63) is 129 Å². The zero-order chi connectivity index (χ0) is 35.3. The molecule has 0 unspecified atom stereocenters. The quantitative estimate of drug-likeness (QED) is 0.202. The summed E-state index contributed by atoms with van der Waals surface area (Å²) in [7, 11) is 1.87. The zero-order valence-electron chi connectivity index (χ0n) is 28.5. The van der Waals surface area contributed by atoms with Crippen molar-refractivity contribution in [3.63, 3.8) is 0 Å². The van der Waals surface area contributed by atoms with Crippen LogP contribution in [0.15, 0.2) is 78.9 Å². The highest BCUT2D eigenvalue weighted by molar-refractivity contribution is 6.13. The normalized spacial score (nSPS) is 15.4. The molecule has 4 heterocycles. The minimum atomic E-state index is -2.96. The maximum absolute atomic E-state index is 14.7. The van der Waals surface area contributed by atoms with Crippen molar-refractivity contribution in [3.8, 4) is 17.3 Å². The van der Waals surface area contributed by atoms with Crippen LogP contribution in [0.1, 0.15) is 73.5 Å². The molecule has 0 radical (unpaired) electrons. The van der Waals surface area contributed by atoms with Crippen molar-refractivity contribution >= 4 is 23.2 Å². The molecule has 2 aliphatic heterocycles. The zero-order valence-corrected chi connectivity index (χ0v) is 28.5. The van der Waals surface area contributed by atoms with E-state index in [4.69, 9.17) is 0 Å². The predicted molar refractivity (Wildman–Crippen MR) is 189 cm³/mol. The van der Waals surface area contributed by atoms with E-state index in [1.165, 1.54) is 23.5 Å². The van der Waals surface area contributed by atoms with Gasteiger partial charge in [0.15, 0.2) is 0 Å². The second-order valence-electron chi connectivity index (χ2n) is 13.2. The Bertz CT molecular complexity index is 2180. The summed E-state index contributed by atoms with van der Waals surface area (Å²) >= 11 is 0. The molecule has 0 fully saturated rings. The lowest BCUT2D eigenvalue weighted by Crippen LogP contribution is -2.43. The van der Waals surface area contributed by atoms with Gasteiger partial charge in [-0.1, -0.05) is 42.5 Å². The van der Waals surface area contributed by atoms with Crippen molar-refractivity contribution in [2.45, 2.75) is 59.3 Å². The largest absolute Gasteiger partial charge is 0.347 e. The Morgan fingerprint density at radius 3 is 2.34 bits per heavy atom. The van der Waals surface area contributed by atoms with Crippen LogP contribution in [0.4, 0.5) is 20.2 Å². The number of carbonyl (C=O) groups is 2. The molecule has 0 spiro atoms. The average molecular weight is 673 g/mol. The summed E-state index contributed by atoms with van der Waals surface area (Å²) in [6.07, 6.45) is 1.57. The second-order valence-corrected chi connectivity index (χ2v) is 13.2. The monoisotopic (exact) mass is 672 g/mol. The number of fused-ring (bicyclic) bond motifs is 2. The Kier molecular flexibility index (Phi) is 8.62. The number of halogens is 2. The average Bonchev–Trinajstić information content (AvgIpc) is 3.62. The number of nitrogens with zero attached hydrogens (tertiary/aromatic N) is 5. The molecule has 3 aromatic carbocycles. The summed E-state index contributed by atoms with van der Waals surface area (Å²) in [4.78, 5) is 32.6. The Hall–Kier alpha value is -5.53. The van der Waals surface area contributed by atoms with Crippen molar-refractivity contribution < 1.29 is 18.4 Å². The number of nitriles is 1. The summed E-state index contributed by atoms with van der Waals surface area (Å²) in [6.45, 7) is 4.44. The minimum Gasteiger partial charge on any atom is -0.347 e. The first-order chi connectivity index (χ1) is 24.1. The summed E-state index contributed by atoms with van der Waals surface area (Å²) in [6, 6.07) is 26.1. The molecule has 10 heteroatoms. The fraction of sp³-hybridized carbons (Fsp3) is 0.275. The van der Waals surface area contributed by atoms with E-state index in [1.54, 1.807) is 30.3 Å². The molecular weight excluding hydrogens is 634 g/mol. The van der Waals surface area contributed by atoms with Gasteiger partial charge in [0.25, 0.3) is 11.8 Å². The van der Waals surface area contributed by atoms with Gasteiger partial charge in [-0.2, -0.15) is 14.0 Å².